The molecule has 3 heterocycles. The molecule has 114 valence electrons. The lowest BCUT2D eigenvalue weighted by atomic mass is 10.0. The van der Waals surface area contributed by atoms with Gasteiger partial charge in [0.1, 0.15) is 0 Å². The maximum Gasteiger partial charge on any atom is 0.0622 e. The van der Waals surface area contributed by atoms with Crippen LogP contribution in [0.25, 0.3) is 0 Å². The standard InChI is InChI=1S/C18H26N2O/c1-14-2-4-15(5-3-14)8-19-9-16-11-20(12-17(16)10-19)18-6-7-21-13-18/h2-5,16-18H,6-13H2,1H3/t16-,17+,18-/m0/s1. The molecular weight excluding hydrogens is 260 g/mol. The summed E-state index contributed by atoms with van der Waals surface area (Å²) in [6.07, 6.45) is 1.24. The summed E-state index contributed by atoms with van der Waals surface area (Å²) in [6.45, 7) is 10.4. The number of likely N-dealkylation sites (tertiary alicyclic amines) is 2. The predicted molar refractivity (Wildman–Crippen MR) is 84.2 cm³/mol. The van der Waals surface area contributed by atoms with Crippen molar-refractivity contribution < 1.29 is 4.74 Å². The monoisotopic (exact) mass is 286 g/mol. The van der Waals surface area contributed by atoms with Crippen LogP contribution in [0, 0.1) is 18.8 Å². The molecule has 3 fully saturated rings. The van der Waals surface area contributed by atoms with Crippen LogP contribution in [0.15, 0.2) is 24.3 Å². The summed E-state index contributed by atoms with van der Waals surface area (Å²) < 4.78 is 5.55. The molecule has 1 aromatic carbocycles. The number of hydrogen-bond acceptors (Lipinski definition) is 3. The number of benzene rings is 1. The topological polar surface area (TPSA) is 15.7 Å². The first-order valence-electron chi connectivity index (χ1n) is 8.37. The average Bonchev–Trinajstić information content (AvgIpc) is 3.15. The molecule has 0 spiro atoms. The van der Waals surface area contributed by atoms with E-state index in [9.17, 15) is 0 Å². The number of ether oxygens (including phenoxy) is 1. The van der Waals surface area contributed by atoms with Gasteiger partial charge in [-0.15, -0.1) is 0 Å². The van der Waals surface area contributed by atoms with Gasteiger partial charge in [0.2, 0.25) is 0 Å². The molecule has 0 saturated carbocycles. The normalized spacial score (nSPS) is 33.7. The van der Waals surface area contributed by atoms with Gasteiger partial charge in [-0.05, 0) is 30.7 Å². The summed E-state index contributed by atoms with van der Waals surface area (Å²) in [6, 6.07) is 9.74. The fourth-order valence-electron chi connectivity index (χ4n) is 4.32. The molecule has 3 aliphatic heterocycles. The van der Waals surface area contributed by atoms with Gasteiger partial charge in [-0.3, -0.25) is 9.80 Å². The van der Waals surface area contributed by atoms with E-state index in [4.69, 9.17) is 4.74 Å². The van der Waals surface area contributed by atoms with Crippen LogP contribution in [0.5, 0.6) is 0 Å². The first-order chi connectivity index (χ1) is 10.3. The van der Waals surface area contributed by atoms with Crippen LogP contribution in [-0.4, -0.2) is 55.2 Å². The second-order valence-corrected chi connectivity index (χ2v) is 7.17. The van der Waals surface area contributed by atoms with Crippen molar-refractivity contribution in [3.05, 3.63) is 35.4 Å². The van der Waals surface area contributed by atoms with Crippen molar-refractivity contribution in [2.24, 2.45) is 11.8 Å². The van der Waals surface area contributed by atoms with Crippen LogP contribution in [0.2, 0.25) is 0 Å². The number of rotatable bonds is 3. The zero-order valence-corrected chi connectivity index (χ0v) is 13.0. The van der Waals surface area contributed by atoms with E-state index in [1.807, 2.05) is 0 Å². The second-order valence-electron chi connectivity index (χ2n) is 7.17. The van der Waals surface area contributed by atoms with Gasteiger partial charge in [0, 0.05) is 45.4 Å². The van der Waals surface area contributed by atoms with Crippen LogP contribution in [0.4, 0.5) is 0 Å². The molecule has 0 unspecified atom stereocenters. The van der Waals surface area contributed by atoms with Crippen molar-refractivity contribution >= 4 is 0 Å². The molecule has 1 aromatic rings. The minimum absolute atomic E-state index is 0.709. The summed E-state index contributed by atoms with van der Waals surface area (Å²) in [5.41, 5.74) is 2.81. The molecule has 3 heteroatoms. The highest BCUT2D eigenvalue weighted by atomic mass is 16.5. The van der Waals surface area contributed by atoms with Gasteiger partial charge < -0.3 is 4.74 Å². The molecule has 21 heavy (non-hydrogen) atoms. The maximum atomic E-state index is 5.55. The van der Waals surface area contributed by atoms with Crippen LogP contribution < -0.4 is 0 Å². The highest BCUT2D eigenvalue weighted by Crippen LogP contribution is 2.34. The fraction of sp³-hybridized carbons (Fsp3) is 0.667. The van der Waals surface area contributed by atoms with Crippen LogP contribution in [0.3, 0.4) is 0 Å². The summed E-state index contributed by atoms with van der Waals surface area (Å²) >= 11 is 0. The second kappa shape index (κ2) is 5.71. The highest BCUT2D eigenvalue weighted by Gasteiger charge is 2.42. The Labute approximate surface area is 127 Å². The Hall–Kier alpha value is -0.900. The smallest absolute Gasteiger partial charge is 0.0622 e. The highest BCUT2D eigenvalue weighted by molar-refractivity contribution is 5.21. The Kier molecular flexibility index (Phi) is 3.74. The molecule has 0 aromatic heterocycles. The Morgan fingerprint density at radius 3 is 2.38 bits per heavy atom. The molecule has 0 bridgehead atoms. The number of nitrogens with zero attached hydrogens (tertiary/aromatic N) is 2. The Bertz CT molecular complexity index is 466. The number of hydrogen-bond donors (Lipinski definition) is 0. The summed E-state index contributed by atoms with van der Waals surface area (Å²) in [5, 5.41) is 0. The van der Waals surface area contributed by atoms with E-state index in [-0.39, 0.29) is 0 Å². The SMILES string of the molecule is Cc1ccc(CN2C[C@@H]3CN([C@H]4CCOC4)C[C@@H]3C2)cc1. The van der Waals surface area contributed by atoms with Crippen molar-refractivity contribution in [3.63, 3.8) is 0 Å². The number of aryl methyl sites for hydroxylation is 1. The first-order valence-corrected chi connectivity index (χ1v) is 8.37. The Morgan fingerprint density at radius 1 is 1.05 bits per heavy atom. The fourth-order valence-corrected chi connectivity index (χ4v) is 4.32. The van der Waals surface area contributed by atoms with Crippen LogP contribution >= 0.6 is 0 Å². The summed E-state index contributed by atoms with van der Waals surface area (Å²) in [7, 11) is 0. The molecule has 0 N–H and O–H groups in total. The van der Waals surface area contributed by atoms with Gasteiger partial charge in [-0.25, -0.2) is 0 Å². The molecular formula is C18H26N2O. The molecule has 3 atom stereocenters. The van der Waals surface area contributed by atoms with Gasteiger partial charge >= 0.3 is 0 Å². The molecule has 0 radical (unpaired) electrons. The van der Waals surface area contributed by atoms with E-state index in [0.29, 0.717) is 6.04 Å². The van der Waals surface area contributed by atoms with Gasteiger partial charge in [0.05, 0.1) is 6.61 Å². The predicted octanol–water partition coefficient (Wildman–Crippen LogP) is 2.15. The van der Waals surface area contributed by atoms with E-state index in [0.717, 1.165) is 31.6 Å². The van der Waals surface area contributed by atoms with E-state index in [2.05, 4.69) is 41.0 Å². The molecule has 3 aliphatic rings. The quantitative estimate of drug-likeness (QED) is 0.847. The molecule has 3 nitrogen and oxygen atoms in total. The zero-order valence-electron chi connectivity index (χ0n) is 13.0. The van der Waals surface area contributed by atoms with Crippen molar-refractivity contribution in [3.8, 4) is 0 Å². The third-order valence-electron chi connectivity index (χ3n) is 5.54. The van der Waals surface area contributed by atoms with Crippen molar-refractivity contribution in [2.75, 3.05) is 39.4 Å². The lowest BCUT2D eigenvalue weighted by molar-refractivity contribution is 0.149. The Balaban J connectivity index is 1.32. The molecule has 4 rings (SSSR count). The lowest BCUT2D eigenvalue weighted by Crippen LogP contribution is -2.36. The van der Waals surface area contributed by atoms with Gasteiger partial charge in [0.15, 0.2) is 0 Å². The third-order valence-corrected chi connectivity index (χ3v) is 5.54. The molecule has 0 amide bonds. The van der Waals surface area contributed by atoms with E-state index in [1.165, 1.54) is 43.7 Å². The minimum atomic E-state index is 0.709. The van der Waals surface area contributed by atoms with Crippen molar-refractivity contribution in [1.29, 1.82) is 0 Å². The zero-order chi connectivity index (χ0) is 14.2. The molecule has 0 aliphatic carbocycles. The third kappa shape index (κ3) is 2.87. The summed E-state index contributed by atoms with van der Waals surface area (Å²) in [4.78, 5) is 5.36. The van der Waals surface area contributed by atoms with Gasteiger partial charge in [-0.2, -0.15) is 0 Å². The summed E-state index contributed by atoms with van der Waals surface area (Å²) in [5.74, 6) is 1.77. The first kappa shape index (κ1) is 13.7. The minimum Gasteiger partial charge on any atom is -0.380 e. The molecule has 3 saturated heterocycles. The Morgan fingerprint density at radius 2 is 1.76 bits per heavy atom. The largest absolute Gasteiger partial charge is 0.380 e. The number of fused-ring (bicyclic) bond motifs is 1. The van der Waals surface area contributed by atoms with E-state index in [1.54, 1.807) is 0 Å². The maximum absolute atomic E-state index is 5.55. The van der Waals surface area contributed by atoms with Crippen LogP contribution in [0.1, 0.15) is 17.5 Å². The van der Waals surface area contributed by atoms with E-state index < -0.39 is 0 Å². The van der Waals surface area contributed by atoms with Gasteiger partial charge in [0.25, 0.3) is 0 Å². The van der Waals surface area contributed by atoms with Gasteiger partial charge in [-0.1, -0.05) is 29.8 Å². The average molecular weight is 286 g/mol. The lowest BCUT2D eigenvalue weighted by Gasteiger charge is -2.25. The van der Waals surface area contributed by atoms with Crippen molar-refractivity contribution in [1.82, 2.24) is 9.80 Å². The van der Waals surface area contributed by atoms with Crippen LogP contribution in [-0.2, 0) is 11.3 Å². The van der Waals surface area contributed by atoms with E-state index >= 15 is 0 Å². The van der Waals surface area contributed by atoms with Crippen molar-refractivity contribution in [2.45, 2.75) is 25.9 Å².